The van der Waals surface area contributed by atoms with Crippen LogP contribution in [-0.2, 0) is 0 Å². The van der Waals surface area contributed by atoms with Crippen molar-refractivity contribution in [3.05, 3.63) is 30.7 Å². The predicted octanol–water partition coefficient (Wildman–Crippen LogP) is 6.19. The topological polar surface area (TPSA) is 17.1 Å². The van der Waals surface area contributed by atoms with Gasteiger partial charge < -0.3 is 0 Å². The summed E-state index contributed by atoms with van der Waals surface area (Å²) in [6.45, 7) is 2.06. The van der Waals surface area contributed by atoms with Crippen LogP contribution in [0.25, 0.3) is 0 Å². The number of halogens is 5. The van der Waals surface area contributed by atoms with Gasteiger partial charge in [-0.2, -0.15) is 0 Å². The summed E-state index contributed by atoms with van der Waals surface area (Å²) in [5.74, 6) is 0. The molecule has 1 unspecified atom stereocenters. The zero-order valence-corrected chi connectivity index (χ0v) is 15.2. The minimum absolute atomic E-state index is 0. The molecular weight excluding hydrogens is 363 g/mol. The molecule has 0 aliphatic heterocycles. The summed E-state index contributed by atoms with van der Waals surface area (Å²) in [5.41, 5.74) is 0.0334. The number of carbonyl (C=O) groups is 1. The molecule has 0 saturated heterocycles. The van der Waals surface area contributed by atoms with Crippen LogP contribution < -0.4 is 0 Å². The number of benzene rings is 1. The van der Waals surface area contributed by atoms with E-state index in [0.717, 1.165) is 19.0 Å². The van der Waals surface area contributed by atoms with E-state index in [1.54, 1.807) is 0 Å². The van der Waals surface area contributed by atoms with Gasteiger partial charge in [-0.25, -0.2) is 0 Å². The molecule has 0 aliphatic carbocycles. The maximum absolute atomic E-state index is 12.1. The number of hydrogen-bond acceptors (Lipinski definition) is 1. The molecule has 1 rings (SSSR count). The van der Waals surface area contributed by atoms with Gasteiger partial charge in [0.2, 0.25) is 0 Å². The largest absolute Gasteiger partial charge is 0.289 e. The van der Waals surface area contributed by atoms with E-state index in [0.29, 0.717) is 0 Å². The minimum atomic E-state index is -0.140. The second-order valence-corrected chi connectivity index (χ2v) is 6.75. The maximum atomic E-state index is 12.1. The van der Waals surface area contributed by atoms with E-state index in [-0.39, 0.29) is 63.6 Å². The Morgan fingerprint density at radius 3 is 1.79 bits per heavy atom. The van der Waals surface area contributed by atoms with Crippen LogP contribution in [0.1, 0.15) is 30.1 Å². The molecule has 0 aromatic heterocycles. The fourth-order valence-corrected chi connectivity index (χ4v) is 3.92. The summed E-state index contributed by atoms with van der Waals surface area (Å²) in [7, 11) is 0.104. The zero-order chi connectivity index (χ0) is 13.9. The third kappa shape index (κ3) is 4.95. The standard InChI is InChI=1S/C11H10Cl5OP.Li/c1-2-3-4-18-11(17)5-6(12)8(14)10(16)9(15)7(5)13;/h18H,2-4H2,1H3;. The smallest absolute Gasteiger partial charge is 0.184 e. The van der Waals surface area contributed by atoms with Gasteiger partial charge in [0, 0.05) is 18.9 Å². The second kappa shape index (κ2) is 9.40. The van der Waals surface area contributed by atoms with Gasteiger partial charge >= 0.3 is 0 Å². The first-order valence-corrected chi connectivity index (χ1v) is 8.31. The Morgan fingerprint density at radius 1 is 0.947 bits per heavy atom. The summed E-state index contributed by atoms with van der Waals surface area (Å²) < 4.78 is 0. The number of rotatable bonds is 5. The van der Waals surface area contributed by atoms with Crippen molar-refractivity contribution in [2.24, 2.45) is 0 Å². The van der Waals surface area contributed by atoms with E-state index in [4.69, 9.17) is 58.0 Å². The molecule has 0 saturated carbocycles. The van der Waals surface area contributed by atoms with Crippen LogP contribution in [0, 0.1) is 0 Å². The molecule has 0 N–H and O–H groups in total. The van der Waals surface area contributed by atoms with Crippen LogP contribution in [-0.4, -0.2) is 30.5 Å². The summed E-state index contributed by atoms with van der Waals surface area (Å²) >= 11 is 29.7. The molecule has 101 valence electrons. The fraction of sp³-hybridized carbons (Fsp3) is 0.364. The second-order valence-electron chi connectivity index (χ2n) is 3.55. The summed E-state index contributed by atoms with van der Waals surface area (Å²) in [4.78, 5) is 12.1. The Hall–Kier alpha value is 1.37. The number of unbranched alkanes of at least 4 members (excludes halogenated alkanes) is 1. The van der Waals surface area contributed by atoms with E-state index in [1.807, 2.05) is 0 Å². The van der Waals surface area contributed by atoms with Crippen molar-refractivity contribution < 1.29 is 4.79 Å². The van der Waals surface area contributed by atoms with Crippen molar-refractivity contribution in [2.75, 3.05) is 6.16 Å². The van der Waals surface area contributed by atoms with Crippen LogP contribution in [0.5, 0.6) is 0 Å². The molecule has 1 aromatic rings. The number of carbonyl (C=O) groups excluding carboxylic acids is 1. The van der Waals surface area contributed by atoms with Gasteiger partial charge in [0.15, 0.2) is 5.52 Å². The monoisotopic (exact) mass is 371 g/mol. The third-order valence-electron chi connectivity index (χ3n) is 2.25. The van der Waals surface area contributed by atoms with Crippen LogP contribution in [0.2, 0.25) is 25.1 Å². The zero-order valence-electron chi connectivity index (χ0n) is 10.4. The van der Waals surface area contributed by atoms with Crippen molar-refractivity contribution in [2.45, 2.75) is 19.8 Å². The molecule has 1 nitrogen and oxygen atoms in total. The van der Waals surface area contributed by atoms with E-state index in [2.05, 4.69) is 6.92 Å². The van der Waals surface area contributed by atoms with Crippen LogP contribution in [0.15, 0.2) is 0 Å². The third-order valence-corrected chi connectivity index (χ3v) is 5.70. The average Bonchev–Trinajstić information content (AvgIpc) is 2.34. The van der Waals surface area contributed by atoms with E-state index < -0.39 is 0 Å². The first-order chi connectivity index (χ1) is 8.41. The molecule has 0 spiro atoms. The Balaban J connectivity index is 0.00000324. The van der Waals surface area contributed by atoms with Gasteiger partial charge in [-0.15, -0.1) is 0 Å². The Bertz CT molecular complexity index is 452. The van der Waals surface area contributed by atoms with Crippen molar-refractivity contribution in [1.29, 1.82) is 0 Å². The van der Waals surface area contributed by atoms with E-state index in [1.165, 1.54) is 0 Å². The average molecular weight is 373 g/mol. The first kappa shape index (κ1) is 20.4. The maximum Gasteiger partial charge on any atom is 0.184 e. The molecule has 19 heavy (non-hydrogen) atoms. The van der Waals surface area contributed by atoms with Gasteiger partial charge in [0.05, 0.1) is 30.7 Å². The van der Waals surface area contributed by atoms with Gasteiger partial charge in [0.25, 0.3) is 0 Å². The molecule has 1 radical (unpaired) electrons. The molecule has 8 heteroatoms. The first-order valence-electron chi connectivity index (χ1n) is 5.21. The molecule has 1 aromatic carbocycles. The van der Waals surface area contributed by atoms with Crippen LogP contribution in [0.3, 0.4) is 0 Å². The normalized spacial score (nSPS) is 10.8. The van der Waals surface area contributed by atoms with Gasteiger partial charge in [0.1, 0.15) is 0 Å². The van der Waals surface area contributed by atoms with Crippen LogP contribution >= 0.6 is 66.6 Å². The Morgan fingerprint density at radius 2 is 1.37 bits per heavy atom. The van der Waals surface area contributed by atoms with Gasteiger partial charge in [-0.1, -0.05) is 71.3 Å². The summed E-state index contributed by atoms with van der Waals surface area (Å²) in [5, 5.41) is 0.352. The molecule has 0 heterocycles. The summed E-state index contributed by atoms with van der Waals surface area (Å²) in [6.07, 6.45) is 2.82. The van der Waals surface area contributed by atoms with Crippen molar-refractivity contribution >= 4 is 91.0 Å². The SMILES string of the molecule is CCCCPC(=O)c1c(Cl)c(Cl)c(Cl)c(Cl)c1Cl.[Li]. The molecule has 0 fully saturated rings. The minimum Gasteiger partial charge on any atom is -0.289 e. The van der Waals surface area contributed by atoms with E-state index in [9.17, 15) is 4.79 Å². The quantitative estimate of drug-likeness (QED) is 0.198. The number of hydrogen-bond donors (Lipinski definition) is 0. The van der Waals surface area contributed by atoms with Gasteiger partial charge in [-0.3, -0.25) is 4.79 Å². The molecule has 0 amide bonds. The predicted molar refractivity (Wildman–Crippen MR) is 89.7 cm³/mol. The molecular formula is C11H10Cl5LiOP. The summed E-state index contributed by atoms with van der Waals surface area (Å²) in [6, 6.07) is 0. The Kier molecular flexibility index (Phi) is 10.1. The molecule has 0 bridgehead atoms. The van der Waals surface area contributed by atoms with Crippen molar-refractivity contribution in [3.8, 4) is 0 Å². The fourth-order valence-electron chi connectivity index (χ4n) is 1.27. The van der Waals surface area contributed by atoms with Crippen molar-refractivity contribution in [1.82, 2.24) is 0 Å². The van der Waals surface area contributed by atoms with E-state index >= 15 is 0 Å². The molecule has 0 aliphatic rings. The Labute approximate surface area is 151 Å². The van der Waals surface area contributed by atoms with Crippen LogP contribution in [0.4, 0.5) is 0 Å². The molecule has 1 atom stereocenters. The van der Waals surface area contributed by atoms with Crippen molar-refractivity contribution in [3.63, 3.8) is 0 Å². The van der Waals surface area contributed by atoms with Gasteiger partial charge in [-0.05, 0) is 21.2 Å².